The lowest BCUT2D eigenvalue weighted by atomic mass is 10.2. The van der Waals surface area contributed by atoms with Crippen LogP contribution in [-0.4, -0.2) is 22.7 Å². The van der Waals surface area contributed by atoms with Crippen molar-refractivity contribution in [3.8, 4) is 11.3 Å². The molecule has 1 fully saturated rings. The Balaban J connectivity index is 1.74. The van der Waals surface area contributed by atoms with Crippen molar-refractivity contribution in [3.63, 3.8) is 0 Å². The SMILES string of the molecule is CSc1ccc(-c2csc(NC(=O)C3(N)CC3)n2)cc1. The molecule has 0 unspecified atom stereocenters. The molecule has 1 aromatic heterocycles. The lowest BCUT2D eigenvalue weighted by Gasteiger charge is -2.06. The van der Waals surface area contributed by atoms with Gasteiger partial charge in [-0.05, 0) is 31.2 Å². The maximum Gasteiger partial charge on any atom is 0.246 e. The zero-order valence-electron chi connectivity index (χ0n) is 11.1. The summed E-state index contributed by atoms with van der Waals surface area (Å²) in [6.45, 7) is 0. The van der Waals surface area contributed by atoms with Gasteiger partial charge in [-0.2, -0.15) is 0 Å². The Labute approximate surface area is 125 Å². The molecule has 1 aliphatic carbocycles. The summed E-state index contributed by atoms with van der Waals surface area (Å²) >= 11 is 3.13. The van der Waals surface area contributed by atoms with Crippen LogP contribution in [0.25, 0.3) is 11.3 Å². The van der Waals surface area contributed by atoms with Gasteiger partial charge in [0, 0.05) is 15.8 Å². The summed E-state index contributed by atoms with van der Waals surface area (Å²) in [5, 5.41) is 5.35. The summed E-state index contributed by atoms with van der Waals surface area (Å²) in [5.41, 5.74) is 7.11. The van der Waals surface area contributed by atoms with Crippen LogP contribution in [-0.2, 0) is 4.79 Å². The van der Waals surface area contributed by atoms with Gasteiger partial charge in [0.15, 0.2) is 5.13 Å². The van der Waals surface area contributed by atoms with E-state index in [1.807, 2.05) is 23.8 Å². The topological polar surface area (TPSA) is 68.0 Å². The quantitative estimate of drug-likeness (QED) is 0.852. The number of thiazole rings is 1. The number of carbonyl (C=O) groups is 1. The van der Waals surface area contributed by atoms with Crippen molar-refractivity contribution in [3.05, 3.63) is 29.6 Å². The fourth-order valence-corrected chi connectivity index (χ4v) is 2.93. The Bertz CT molecular complexity index is 632. The molecule has 1 amide bonds. The minimum atomic E-state index is -0.661. The third-order valence-corrected chi connectivity index (χ3v) is 4.85. The summed E-state index contributed by atoms with van der Waals surface area (Å²) in [6.07, 6.45) is 3.56. The van der Waals surface area contributed by atoms with E-state index in [2.05, 4.69) is 22.4 Å². The van der Waals surface area contributed by atoms with E-state index in [1.54, 1.807) is 11.8 Å². The molecule has 4 nitrogen and oxygen atoms in total. The first-order valence-corrected chi connectivity index (χ1v) is 8.41. The zero-order chi connectivity index (χ0) is 14.2. The standard InChI is InChI=1S/C14H15N3OS2/c1-19-10-4-2-9(3-5-10)11-8-20-13(16-11)17-12(18)14(15)6-7-14/h2-5,8H,6-7,15H2,1H3,(H,16,17,18). The molecule has 0 bridgehead atoms. The lowest BCUT2D eigenvalue weighted by Crippen LogP contribution is -2.37. The van der Waals surface area contributed by atoms with Gasteiger partial charge in [-0.1, -0.05) is 12.1 Å². The molecule has 1 heterocycles. The number of anilines is 1. The van der Waals surface area contributed by atoms with Crippen LogP contribution in [0.15, 0.2) is 34.5 Å². The molecule has 0 saturated heterocycles. The molecular weight excluding hydrogens is 290 g/mol. The number of nitrogens with two attached hydrogens (primary N) is 1. The van der Waals surface area contributed by atoms with Gasteiger partial charge in [0.05, 0.1) is 11.2 Å². The average Bonchev–Trinajstić information content (AvgIpc) is 3.06. The number of aromatic nitrogens is 1. The Hall–Kier alpha value is -1.37. The highest BCUT2D eigenvalue weighted by Gasteiger charge is 2.46. The van der Waals surface area contributed by atoms with Crippen molar-refractivity contribution in [1.29, 1.82) is 0 Å². The Morgan fingerprint density at radius 3 is 2.70 bits per heavy atom. The molecule has 104 valence electrons. The van der Waals surface area contributed by atoms with Crippen LogP contribution in [0.1, 0.15) is 12.8 Å². The lowest BCUT2D eigenvalue weighted by molar-refractivity contribution is -0.118. The van der Waals surface area contributed by atoms with E-state index < -0.39 is 5.54 Å². The first-order valence-electron chi connectivity index (χ1n) is 6.31. The summed E-state index contributed by atoms with van der Waals surface area (Å²) < 4.78 is 0. The Morgan fingerprint density at radius 1 is 1.40 bits per heavy atom. The van der Waals surface area contributed by atoms with Gasteiger partial charge in [0.25, 0.3) is 0 Å². The van der Waals surface area contributed by atoms with Gasteiger partial charge >= 0.3 is 0 Å². The summed E-state index contributed by atoms with van der Waals surface area (Å²) in [4.78, 5) is 17.5. The number of amides is 1. The summed E-state index contributed by atoms with van der Waals surface area (Å²) in [6, 6.07) is 8.21. The second-order valence-electron chi connectivity index (χ2n) is 4.88. The van der Waals surface area contributed by atoms with Gasteiger partial charge in [-0.3, -0.25) is 4.79 Å². The molecule has 3 N–H and O–H groups in total. The number of benzene rings is 1. The first kappa shape index (κ1) is 13.6. The van der Waals surface area contributed by atoms with Crippen molar-refractivity contribution in [2.75, 3.05) is 11.6 Å². The fraction of sp³-hybridized carbons (Fsp3) is 0.286. The van der Waals surface area contributed by atoms with E-state index in [0.717, 1.165) is 24.1 Å². The highest BCUT2D eigenvalue weighted by atomic mass is 32.2. The fourth-order valence-electron chi connectivity index (χ4n) is 1.81. The maximum atomic E-state index is 11.9. The van der Waals surface area contributed by atoms with Crippen molar-refractivity contribution in [1.82, 2.24) is 4.98 Å². The number of hydrogen-bond acceptors (Lipinski definition) is 5. The monoisotopic (exact) mass is 305 g/mol. The van der Waals surface area contributed by atoms with Gasteiger partial charge in [-0.25, -0.2) is 4.98 Å². The minimum absolute atomic E-state index is 0.129. The third kappa shape index (κ3) is 2.72. The number of nitrogens with zero attached hydrogens (tertiary/aromatic N) is 1. The van der Waals surface area contributed by atoms with Gasteiger partial charge < -0.3 is 11.1 Å². The molecule has 6 heteroatoms. The highest BCUT2D eigenvalue weighted by molar-refractivity contribution is 7.98. The second-order valence-corrected chi connectivity index (χ2v) is 6.61. The molecular formula is C14H15N3OS2. The highest BCUT2D eigenvalue weighted by Crippen LogP contribution is 2.34. The van der Waals surface area contributed by atoms with Crippen molar-refractivity contribution in [2.45, 2.75) is 23.3 Å². The Kier molecular flexibility index (Phi) is 3.54. The van der Waals surface area contributed by atoms with Crippen LogP contribution in [0.3, 0.4) is 0 Å². The Morgan fingerprint density at radius 2 is 2.10 bits per heavy atom. The summed E-state index contributed by atoms with van der Waals surface area (Å²) in [5.74, 6) is -0.129. The van der Waals surface area contributed by atoms with Crippen molar-refractivity contribution < 1.29 is 4.79 Å². The van der Waals surface area contributed by atoms with Crippen LogP contribution in [0.5, 0.6) is 0 Å². The molecule has 0 spiro atoms. The molecule has 3 rings (SSSR count). The average molecular weight is 305 g/mol. The van der Waals surface area contributed by atoms with E-state index in [4.69, 9.17) is 5.73 Å². The zero-order valence-corrected chi connectivity index (χ0v) is 12.7. The van der Waals surface area contributed by atoms with Gasteiger partial charge in [-0.15, -0.1) is 23.1 Å². The van der Waals surface area contributed by atoms with Crippen molar-refractivity contribution in [2.24, 2.45) is 5.73 Å². The molecule has 0 atom stereocenters. The number of nitrogens with one attached hydrogen (secondary N) is 1. The summed E-state index contributed by atoms with van der Waals surface area (Å²) in [7, 11) is 0. The van der Waals surface area contributed by atoms with E-state index in [-0.39, 0.29) is 5.91 Å². The number of rotatable bonds is 4. The second kappa shape index (κ2) is 5.20. The molecule has 20 heavy (non-hydrogen) atoms. The normalized spacial score (nSPS) is 15.9. The van der Waals surface area contributed by atoms with E-state index in [0.29, 0.717) is 5.13 Å². The maximum absolute atomic E-state index is 11.9. The molecule has 2 aromatic rings. The van der Waals surface area contributed by atoms with Gasteiger partial charge in [0.2, 0.25) is 5.91 Å². The van der Waals surface area contributed by atoms with Crippen molar-refractivity contribution >= 4 is 34.1 Å². The van der Waals surface area contributed by atoms with E-state index in [9.17, 15) is 4.79 Å². The van der Waals surface area contributed by atoms with Crippen LogP contribution in [0, 0.1) is 0 Å². The largest absolute Gasteiger partial charge is 0.317 e. The predicted octanol–water partition coefficient (Wildman–Crippen LogP) is 2.96. The van der Waals surface area contributed by atoms with Crippen LogP contribution < -0.4 is 11.1 Å². The van der Waals surface area contributed by atoms with Crippen LogP contribution in [0.2, 0.25) is 0 Å². The molecule has 0 radical (unpaired) electrons. The number of hydrogen-bond donors (Lipinski definition) is 2. The molecule has 1 aliphatic rings. The first-order chi connectivity index (χ1) is 9.60. The number of carbonyl (C=O) groups excluding carboxylic acids is 1. The molecule has 1 saturated carbocycles. The third-order valence-electron chi connectivity index (χ3n) is 3.35. The smallest absolute Gasteiger partial charge is 0.246 e. The molecule has 0 aliphatic heterocycles. The predicted molar refractivity (Wildman–Crippen MR) is 84.1 cm³/mol. The van der Waals surface area contributed by atoms with E-state index in [1.165, 1.54) is 16.2 Å². The van der Waals surface area contributed by atoms with Gasteiger partial charge in [0.1, 0.15) is 0 Å². The minimum Gasteiger partial charge on any atom is -0.317 e. The number of thioether (sulfide) groups is 1. The van der Waals surface area contributed by atoms with Crippen LogP contribution in [0.4, 0.5) is 5.13 Å². The van der Waals surface area contributed by atoms with E-state index >= 15 is 0 Å². The van der Waals surface area contributed by atoms with Crippen LogP contribution >= 0.6 is 23.1 Å². The molecule has 1 aromatic carbocycles.